The lowest BCUT2D eigenvalue weighted by Crippen LogP contribution is -2.61. The lowest BCUT2D eigenvalue weighted by molar-refractivity contribution is -0.139. The van der Waals surface area contributed by atoms with Crippen molar-refractivity contribution in [3.05, 3.63) is 58.5 Å². The average Bonchev–Trinajstić information content (AvgIpc) is 3.58. The van der Waals surface area contributed by atoms with Crippen LogP contribution in [0, 0.1) is 5.82 Å². The SMILES string of the molecule is CC(=O)c1cn(CC(=O)N2C[C@H](F)C[C@H]2C(=O)NCc2cc(N3CC4CCC3CN4C)cc(Cl)c2F)c2cc(P(=O)(O)O)ccc12. The number of likely N-dealkylation sites (tertiary alicyclic amines) is 1. The van der Waals surface area contributed by atoms with Gasteiger partial charge >= 0.3 is 7.60 Å². The highest BCUT2D eigenvalue weighted by Gasteiger charge is 2.40. The molecule has 5 heterocycles. The number of likely N-dealkylation sites (N-methyl/N-ethyl adjacent to an activating group) is 1. The molecule has 246 valence electrons. The van der Waals surface area contributed by atoms with Crippen LogP contribution in [0.1, 0.15) is 42.1 Å². The molecule has 0 aliphatic carbocycles. The highest BCUT2D eigenvalue weighted by Crippen LogP contribution is 2.36. The fourth-order valence-corrected chi connectivity index (χ4v) is 7.79. The number of amides is 2. The quantitative estimate of drug-likeness (QED) is 0.245. The number of piperazine rings is 1. The number of ketones is 1. The number of hydrogen-bond donors (Lipinski definition) is 3. The third-order valence-electron chi connectivity index (χ3n) is 9.44. The van der Waals surface area contributed by atoms with Crippen LogP contribution in [0.2, 0.25) is 5.02 Å². The summed E-state index contributed by atoms with van der Waals surface area (Å²) in [5, 5.41) is 2.69. The molecule has 1 aromatic heterocycles. The first-order valence-electron chi connectivity index (χ1n) is 15.1. The number of halogens is 3. The molecule has 4 fully saturated rings. The molecule has 4 aliphatic heterocycles. The number of carbonyl (C=O) groups excluding carboxylic acids is 3. The number of piperidine rings is 2. The summed E-state index contributed by atoms with van der Waals surface area (Å²) in [7, 11) is -2.54. The molecule has 4 aliphatic rings. The van der Waals surface area contributed by atoms with Gasteiger partial charge in [-0.1, -0.05) is 17.7 Å². The maximum atomic E-state index is 15.1. The molecule has 2 aromatic carbocycles. The number of fused-ring (bicyclic) bond motifs is 4. The van der Waals surface area contributed by atoms with Gasteiger partial charge in [0, 0.05) is 66.5 Å². The molecule has 2 amide bonds. The molecule has 0 radical (unpaired) electrons. The molecular weight excluding hydrogens is 643 g/mol. The van der Waals surface area contributed by atoms with Gasteiger partial charge in [-0.3, -0.25) is 23.8 Å². The number of anilines is 1. The predicted molar refractivity (Wildman–Crippen MR) is 169 cm³/mol. The Labute approximate surface area is 269 Å². The number of alkyl halides is 1. The number of nitrogens with one attached hydrogen (secondary N) is 1. The van der Waals surface area contributed by atoms with E-state index in [-0.39, 0.29) is 58.3 Å². The van der Waals surface area contributed by atoms with Gasteiger partial charge in [-0.05, 0) is 51.1 Å². The summed E-state index contributed by atoms with van der Waals surface area (Å²) in [6.07, 6.45) is 1.79. The summed E-state index contributed by atoms with van der Waals surface area (Å²) in [6.45, 7) is 2.03. The normalized spacial score (nSPS) is 23.4. The second kappa shape index (κ2) is 12.4. The molecule has 4 saturated heterocycles. The zero-order valence-electron chi connectivity index (χ0n) is 25.3. The number of hydrogen-bond acceptors (Lipinski definition) is 6. The van der Waals surface area contributed by atoms with E-state index in [4.69, 9.17) is 11.6 Å². The average molecular weight is 678 g/mol. The topological polar surface area (TPSA) is 135 Å². The number of rotatable bonds is 8. The zero-order valence-corrected chi connectivity index (χ0v) is 27.0. The van der Waals surface area contributed by atoms with E-state index in [1.54, 1.807) is 12.1 Å². The summed E-state index contributed by atoms with van der Waals surface area (Å²) in [6, 6.07) is 6.60. The first kappa shape index (κ1) is 32.6. The summed E-state index contributed by atoms with van der Waals surface area (Å²) >= 11 is 6.28. The minimum atomic E-state index is -4.64. The van der Waals surface area contributed by atoms with Crippen molar-refractivity contribution < 1.29 is 37.5 Å². The van der Waals surface area contributed by atoms with Gasteiger partial charge in [0.05, 0.1) is 22.4 Å². The van der Waals surface area contributed by atoms with Gasteiger partial charge in [-0.2, -0.15) is 0 Å². The Morgan fingerprint density at radius 1 is 1.09 bits per heavy atom. The van der Waals surface area contributed by atoms with E-state index in [1.165, 1.54) is 35.9 Å². The van der Waals surface area contributed by atoms with E-state index in [2.05, 4.69) is 22.2 Å². The molecule has 3 aromatic rings. The van der Waals surface area contributed by atoms with E-state index in [0.29, 0.717) is 11.4 Å². The molecule has 2 bridgehead atoms. The Bertz CT molecular complexity index is 1780. The van der Waals surface area contributed by atoms with Gasteiger partial charge < -0.3 is 29.5 Å². The Hall–Kier alpha value is -3.35. The molecule has 11 nitrogen and oxygen atoms in total. The molecule has 3 N–H and O–H groups in total. The summed E-state index contributed by atoms with van der Waals surface area (Å²) in [4.78, 5) is 64.1. The van der Waals surface area contributed by atoms with Crippen LogP contribution in [-0.2, 0) is 27.2 Å². The smallest absolute Gasteiger partial charge is 0.356 e. The lowest BCUT2D eigenvalue weighted by atomic mass is 9.90. The van der Waals surface area contributed by atoms with Gasteiger partial charge in [-0.15, -0.1) is 0 Å². The largest absolute Gasteiger partial charge is 0.366 e. The van der Waals surface area contributed by atoms with E-state index in [9.17, 15) is 33.1 Å². The van der Waals surface area contributed by atoms with Crippen LogP contribution in [0.3, 0.4) is 0 Å². The van der Waals surface area contributed by atoms with Crippen LogP contribution >= 0.6 is 19.2 Å². The first-order chi connectivity index (χ1) is 21.7. The minimum absolute atomic E-state index is 0.0659. The van der Waals surface area contributed by atoms with E-state index >= 15 is 4.39 Å². The highest BCUT2D eigenvalue weighted by molar-refractivity contribution is 7.60. The summed E-state index contributed by atoms with van der Waals surface area (Å²) in [5.41, 5.74) is 1.42. The van der Waals surface area contributed by atoms with Crippen LogP contribution in [-0.4, -0.2) is 92.7 Å². The Kier molecular flexibility index (Phi) is 8.75. The highest BCUT2D eigenvalue weighted by atomic mass is 35.5. The van der Waals surface area contributed by atoms with Gasteiger partial charge in [0.25, 0.3) is 0 Å². The van der Waals surface area contributed by atoms with Crippen molar-refractivity contribution in [3.63, 3.8) is 0 Å². The number of carbonyl (C=O) groups is 3. The fourth-order valence-electron chi connectivity index (χ4n) is 7.00. The molecule has 7 rings (SSSR count). The van der Waals surface area contributed by atoms with Gasteiger partial charge in [0.2, 0.25) is 11.8 Å². The van der Waals surface area contributed by atoms with Crippen molar-refractivity contribution in [2.75, 3.05) is 31.6 Å². The third kappa shape index (κ3) is 6.18. The van der Waals surface area contributed by atoms with Crippen LogP contribution in [0.15, 0.2) is 36.5 Å². The van der Waals surface area contributed by atoms with Crippen LogP contribution < -0.4 is 15.5 Å². The van der Waals surface area contributed by atoms with Crippen molar-refractivity contribution in [2.45, 2.75) is 63.6 Å². The van der Waals surface area contributed by atoms with Crippen LogP contribution in [0.5, 0.6) is 0 Å². The Morgan fingerprint density at radius 3 is 2.48 bits per heavy atom. The number of benzene rings is 2. The van der Waals surface area contributed by atoms with Crippen molar-refractivity contribution >= 4 is 58.7 Å². The van der Waals surface area contributed by atoms with Gasteiger partial charge in [0.15, 0.2) is 5.78 Å². The second-order valence-electron chi connectivity index (χ2n) is 12.5. The van der Waals surface area contributed by atoms with Crippen LogP contribution in [0.25, 0.3) is 10.9 Å². The molecule has 0 spiro atoms. The Morgan fingerprint density at radius 2 is 1.83 bits per heavy atom. The lowest BCUT2D eigenvalue weighted by Gasteiger charge is -2.51. The van der Waals surface area contributed by atoms with Gasteiger partial charge in [0.1, 0.15) is 24.6 Å². The second-order valence-corrected chi connectivity index (χ2v) is 14.5. The number of aromatic nitrogens is 1. The van der Waals surface area contributed by atoms with Gasteiger partial charge in [-0.25, -0.2) is 8.78 Å². The number of Topliss-reactive ketones (excluding diaryl/α,β-unsaturated/α-hetero) is 1. The molecule has 0 saturated carbocycles. The van der Waals surface area contributed by atoms with E-state index in [1.807, 2.05) is 0 Å². The standard InChI is InChI=1S/C31H35ClF2N5O6P/c1-17(40)25-15-37(27-10-23(46(43,44)45)5-6-24(25)27)16-29(41)39-12-19(33)8-28(39)31(42)35-11-18-7-22(9-26(32)30(18)34)38-14-20-3-4-21(38)13-36(20)2/h5-7,9-10,15,19-21,28H,3-4,8,11-14,16H2,1-2H3,(H,35,42)(H2,43,44,45)/t19-,20?,21?,28+/m1/s1. The maximum absolute atomic E-state index is 15.1. The maximum Gasteiger partial charge on any atom is 0.356 e. The van der Waals surface area contributed by atoms with Crippen molar-refractivity contribution in [2.24, 2.45) is 0 Å². The molecule has 2 unspecified atom stereocenters. The monoisotopic (exact) mass is 677 g/mol. The van der Waals surface area contributed by atoms with Crippen molar-refractivity contribution in [1.82, 2.24) is 19.7 Å². The molecule has 15 heteroatoms. The van der Waals surface area contributed by atoms with Crippen molar-refractivity contribution in [1.29, 1.82) is 0 Å². The summed E-state index contributed by atoms with van der Waals surface area (Å²) < 4.78 is 43.0. The molecule has 46 heavy (non-hydrogen) atoms. The van der Waals surface area contributed by atoms with E-state index in [0.717, 1.165) is 36.5 Å². The summed E-state index contributed by atoms with van der Waals surface area (Å²) in [5.74, 6) is -2.27. The number of nitrogens with zero attached hydrogens (tertiary/aromatic N) is 4. The third-order valence-corrected chi connectivity index (χ3v) is 10.7. The Balaban J connectivity index is 1.19. The predicted octanol–water partition coefficient (Wildman–Crippen LogP) is 2.98. The van der Waals surface area contributed by atoms with Crippen LogP contribution in [0.4, 0.5) is 14.5 Å². The van der Waals surface area contributed by atoms with Crippen molar-refractivity contribution in [3.8, 4) is 0 Å². The molecular formula is C31H35ClF2N5O6P. The minimum Gasteiger partial charge on any atom is -0.366 e. The fraction of sp³-hybridized carbons (Fsp3) is 0.452. The van der Waals surface area contributed by atoms with E-state index < -0.39 is 44.0 Å². The first-order valence-corrected chi connectivity index (χ1v) is 17.1. The zero-order chi connectivity index (χ0) is 33.1. The molecule has 4 atom stereocenters.